The number of methoxy groups -OCH3 is 2. The number of anilines is 2. The number of aromatic nitrogens is 5. The van der Waals surface area contributed by atoms with Crippen LogP contribution in [0.2, 0.25) is 0 Å². The molecule has 1 atom stereocenters. The van der Waals surface area contributed by atoms with Crippen molar-refractivity contribution in [3.05, 3.63) is 60.3 Å². The maximum absolute atomic E-state index is 10.3. The first kappa shape index (κ1) is 31.1. The van der Waals surface area contributed by atoms with Crippen LogP contribution in [0.3, 0.4) is 0 Å². The molecule has 0 saturated heterocycles. The molecular weight excluding hydrogens is 556 g/mol. The summed E-state index contributed by atoms with van der Waals surface area (Å²) in [5.74, 6) is 3.16. The van der Waals surface area contributed by atoms with Crippen molar-refractivity contribution in [2.24, 2.45) is 0 Å². The van der Waals surface area contributed by atoms with Crippen LogP contribution in [0.15, 0.2) is 48.9 Å². The zero-order chi connectivity index (χ0) is 31.1. The highest BCUT2D eigenvalue weighted by molar-refractivity contribution is 5.89. The molecule has 3 N–H and O–H groups in total. The Morgan fingerprint density at radius 1 is 1.02 bits per heavy atom. The highest BCUT2D eigenvalue weighted by atomic mass is 16.5. The fourth-order valence-electron chi connectivity index (χ4n) is 5.17. The van der Waals surface area contributed by atoms with Crippen molar-refractivity contribution in [3.8, 4) is 22.6 Å². The van der Waals surface area contributed by atoms with Crippen LogP contribution in [-0.2, 0) is 6.54 Å². The summed E-state index contributed by atoms with van der Waals surface area (Å²) in [6.45, 7) is 6.42. The number of likely N-dealkylation sites (N-methyl/N-ethyl adjacent to an activating group) is 1. The van der Waals surface area contributed by atoms with E-state index in [-0.39, 0.29) is 6.61 Å². The number of fused-ring (bicyclic) bond motifs is 1. The average Bonchev–Trinajstić information content (AvgIpc) is 3.06. The number of aliphatic hydroxyl groups excluding tert-OH is 1. The molecule has 11 nitrogen and oxygen atoms in total. The minimum Gasteiger partial charge on any atom is -0.497 e. The van der Waals surface area contributed by atoms with Crippen LogP contribution in [0.5, 0.6) is 11.5 Å². The van der Waals surface area contributed by atoms with E-state index in [4.69, 9.17) is 24.4 Å². The SMILES string of the molecule is CCCC[C@](C)(CO)Nc1nc(NCc2ccc(OC)cc2OC)nc2cc(-c3cnc(C4=CCN(C)CC4)nc3)cnc12. The van der Waals surface area contributed by atoms with Crippen LogP contribution in [0.4, 0.5) is 11.8 Å². The van der Waals surface area contributed by atoms with E-state index in [9.17, 15) is 5.11 Å². The third-order valence-electron chi connectivity index (χ3n) is 8.00. The Labute approximate surface area is 258 Å². The van der Waals surface area contributed by atoms with Gasteiger partial charge < -0.3 is 30.1 Å². The number of nitrogens with one attached hydrogen (secondary N) is 2. The van der Waals surface area contributed by atoms with Gasteiger partial charge in [0.05, 0.1) is 31.9 Å². The van der Waals surface area contributed by atoms with E-state index >= 15 is 0 Å². The lowest BCUT2D eigenvalue weighted by Crippen LogP contribution is -2.39. The van der Waals surface area contributed by atoms with Gasteiger partial charge in [0.1, 0.15) is 17.0 Å². The average molecular weight is 599 g/mol. The first-order valence-electron chi connectivity index (χ1n) is 15.1. The second kappa shape index (κ2) is 14.0. The number of rotatable bonds is 13. The maximum atomic E-state index is 10.3. The van der Waals surface area contributed by atoms with E-state index in [0.29, 0.717) is 40.8 Å². The van der Waals surface area contributed by atoms with E-state index < -0.39 is 5.54 Å². The molecule has 1 aliphatic rings. The topological polar surface area (TPSA) is 130 Å². The van der Waals surface area contributed by atoms with Gasteiger partial charge in [0.25, 0.3) is 0 Å². The lowest BCUT2D eigenvalue weighted by Gasteiger charge is -2.29. The van der Waals surface area contributed by atoms with Crippen LogP contribution in [-0.4, -0.2) is 81.4 Å². The molecule has 44 heavy (non-hydrogen) atoms. The molecule has 3 aromatic heterocycles. The molecule has 0 amide bonds. The van der Waals surface area contributed by atoms with Gasteiger partial charge in [-0.25, -0.2) is 15.0 Å². The fourth-order valence-corrected chi connectivity index (χ4v) is 5.17. The molecule has 0 bridgehead atoms. The summed E-state index contributed by atoms with van der Waals surface area (Å²) in [6.07, 6.45) is 11.4. The molecule has 0 radical (unpaired) electrons. The number of hydrogen-bond donors (Lipinski definition) is 3. The molecule has 0 unspecified atom stereocenters. The smallest absolute Gasteiger partial charge is 0.225 e. The highest BCUT2D eigenvalue weighted by Crippen LogP contribution is 2.30. The van der Waals surface area contributed by atoms with Crippen molar-refractivity contribution in [2.45, 2.75) is 51.6 Å². The summed E-state index contributed by atoms with van der Waals surface area (Å²) in [5, 5.41) is 17.1. The van der Waals surface area contributed by atoms with Crippen LogP contribution >= 0.6 is 0 Å². The predicted octanol–water partition coefficient (Wildman–Crippen LogP) is 5.18. The first-order valence-corrected chi connectivity index (χ1v) is 15.1. The van der Waals surface area contributed by atoms with Gasteiger partial charge >= 0.3 is 0 Å². The Morgan fingerprint density at radius 3 is 2.50 bits per heavy atom. The van der Waals surface area contributed by atoms with Gasteiger partial charge in [-0.2, -0.15) is 4.98 Å². The Hall–Kier alpha value is -4.35. The number of benzene rings is 1. The Bertz CT molecular complexity index is 1610. The van der Waals surface area contributed by atoms with E-state index in [1.54, 1.807) is 20.4 Å². The molecule has 0 fully saturated rings. The molecule has 5 rings (SSSR count). The summed E-state index contributed by atoms with van der Waals surface area (Å²) < 4.78 is 10.9. The normalized spacial score (nSPS) is 15.0. The predicted molar refractivity (Wildman–Crippen MR) is 174 cm³/mol. The summed E-state index contributed by atoms with van der Waals surface area (Å²) in [5.41, 5.74) is 4.51. The van der Waals surface area contributed by atoms with Gasteiger partial charge in [0, 0.05) is 61.0 Å². The minimum absolute atomic E-state index is 0.0429. The second-order valence-electron chi connectivity index (χ2n) is 11.5. The number of aliphatic hydroxyl groups is 1. The first-order chi connectivity index (χ1) is 21.3. The number of hydrogen-bond acceptors (Lipinski definition) is 11. The van der Waals surface area contributed by atoms with Gasteiger partial charge in [0.15, 0.2) is 11.6 Å². The van der Waals surface area contributed by atoms with Gasteiger partial charge in [-0.05, 0) is 50.6 Å². The van der Waals surface area contributed by atoms with Gasteiger partial charge in [0.2, 0.25) is 5.95 Å². The second-order valence-corrected chi connectivity index (χ2v) is 11.5. The number of ether oxygens (including phenoxy) is 2. The zero-order valence-electron chi connectivity index (χ0n) is 26.2. The number of unbranched alkanes of at least 4 members (excludes halogenated alkanes) is 1. The Balaban J connectivity index is 1.48. The summed E-state index contributed by atoms with van der Waals surface area (Å²) in [6, 6.07) is 7.66. The third kappa shape index (κ3) is 7.23. The summed E-state index contributed by atoms with van der Waals surface area (Å²) >= 11 is 0. The molecule has 4 aromatic rings. The number of nitrogens with zero attached hydrogens (tertiary/aromatic N) is 6. The highest BCUT2D eigenvalue weighted by Gasteiger charge is 2.25. The lowest BCUT2D eigenvalue weighted by molar-refractivity contribution is 0.212. The Kier molecular flexibility index (Phi) is 9.86. The van der Waals surface area contributed by atoms with E-state index in [1.807, 2.05) is 43.6 Å². The van der Waals surface area contributed by atoms with Crippen molar-refractivity contribution in [3.63, 3.8) is 0 Å². The lowest BCUT2D eigenvalue weighted by atomic mass is 9.96. The van der Waals surface area contributed by atoms with Crippen LogP contribution in [0.25, 0.3) is 27.7 Å². The van der Waals surface area contributed by atoms with Crippen molar-refractivity contribution in [1.82, 2.24) is 29.8 Å². The molecule has 0 saturated carbocycles. The van der Waals surface area contributed by atoms with Crippen LogP contribution in [0, 0.1) is 0 Å². The molecule has 4 heterocycles. The maximum Gasteiger partial charge on any atom is 0.225 e. The monoisotopic (exact) mass is 598 g/mol. The molecule has 1 aromatic carbocycles. The van der Waals surface area contributed by atoms with Gasteiger partial charge in [-0.1, -0.05) is 25.8 Å². The van der Waals surface area contributed by atoms with E-state index in [0.717, 1.165) is 61.3 Å². The summed E-state index contributed by atoms with van der Waals surface area (Å²) in [4.78, 5) is 26.0. The van der Waals surface area contributed by atoms with Crippen LogP contribution in [0.1, 0.15) is 50.9 Å². The molecular formula is C33H42N8O3. The third-order valence-corrected chi connectivity index (χ3v) is 8.00. The Morgan fingerprint density at radius 2 is 1.82 bits per heavy atom. The van der Waals surface area contributed by atoms with Crippen LogP contribution < -0.4 is 20.1 Å². The van der Waals surface area contributed by atoms with E-state index in [1.165, 1.54) is 5.57 Å². The molecule has 0 spiro atoms. The standard InChI is InChI=1S/C33H42N8O3/c1-6-7-12-33(2,21-42)40-31-29-27(38-32(39-31)37-17-23-8-9-26(43-4)16-28(23)44-5)15-24(18-34-29)25-19-35-30(36-20-25)22-10-13-41(3)14-11-22/h8-10,15-16,18-20,42H,6-7,11-14,17,21H2,1-5H3,(H2,37,38,39,40)/t33-/m1/s1. The van der Waals surface area contributed by atoms with Crippen molar-refractivity contribution in [2.75, 3.05) is 51.6 Å². The van der Waals surface area contributed by atoms with E-state index in [2.05, 4.69) is 45.5 Å². The molecule has 11 heteroatoms. The van der Waals surface area contributed by atoms with Crippen molar-refractivity contribution in [1.29, 1.82) is 0 Å². The largest absolute Gasteiger partial charge is 0.497 e. The minimum atomic E-state index is -0.569. The number of pyridine rings is 1. The molecule has 0 aliphatic carbocycles. The van der Waals surface area contributed by atoms with Crippen molar-refractivity contribution >= 4 is 28.4 Å². The quantitative estimate of drug-likeness (QED) is 0.188. The van der Waals surface area contributed by atoms with Gasteiger partial charge in [-0.3, -0.25) is 4.98 Å². The molecule has 1 aliphatic heterocycles. The molecule has 232 valence electrons. The van der Waals surface area contributed by atoms with Crippen molar-refractivity contribution < 1.29 is 14.6 Å². The van der Waals surface area contributed by atoms with Gasteiger partial charge in [-0.15, -0.1) is 0 Å². The zero-order valence-corrected chi connectivity index (χ0v) is 26.2. The summed E-state index contributed by atoms with van der Waals surface area (Å²) in [7, 11) is 5.37. The fraction of sp³-hybridized carbons (Fsp3) is 0.424.